The van der Waals surface area contributed by atoms with Crippen molar-refractivity contribution < 1.29 is 9.53 Å². The quantitative estimate of drug-likeness (QED) is 0.747. The highest BCUT2D eigenvalue weighted by Gasteiger charge is 2.16. The summed E-state index contributed by atoms with van der Waals surface area (Å²) in [4.78, 5) is 16.0. The number of amides is 1. The lowest BCUT2D eigenvalue weighted by atomic mass is 10.2. The molecule has 1 aromatic heterocycles. The minimum atomic E-state index is -0.537. The molecule has 0 bridgehead atoms. The summed E-state index contributed by atoms with van der Waals surface area (Å²) in [6.07, 6.45) is 2.97. The molecular weight excluding hydrogens is 340 g/mol. The number of rotatable bonds is 3. The number of hydrogen-bond acceptors (Lipinski definition) is 4. The van der Waals surface area contributed by atoms with E-state index in [0.29, 0.717) is 17.2 Å². The van der Waals surface area contributed by atoms with Crippen molar-refractivity contribution in [2.75, 3.05) is 11.1 Å². The third kappa shape index (κ3) is 7.06. The maximum Gasteiger partial charge on any atom is 0.412 e. The van der Waals surface area contributed by atoms with Crippen LogP contribution in [0.15, 0.2) is 30.6 Å². The zero-order valence-electron chi connectivity index (χ0n) is 17.1. The van der Waals surface area contributed by atoms with Crippen LogP contribution in [0.2, 0.25) is 0 Å². The topological polar surface area (TPSA) is 82.2 Å². The van der Waals surface area contributed by atoms with Gasteiger partial charge in [-0.1, -0.05) is 26.7 Å². The average molecular weight is 370 g/mol. The minimum absolute atomic E-state index is 0.490. The van der Waals surface area contributed by atoms with Crippen LogP contribution in [0.25, 0.3) is 5.69 Å². The van der Waals surface area contributed by atoms with Gasteiger partial charge >= 0.3 is 6.09 Å². The maximum atomic E-state index is 11.8. The highest BCUT2D eigenvalue weighted by molar-refractivity contribution is 5.85. The summed E-state index contributed by atoms with van der Waals surface area (Å²) in [6.45, 7) is 11.5. The van der Waals surface area contributed by atoms with Crippen LogP contribution in [0.1, 0.15) is 60.1 Å². The number of imidazole rings is 1. The van der Waals surface area contributed by atoms with Crippen molar-refractivity contribution in [2.45, 2.75) is 60.0 Å². The second kappa shape index (κ2) is 10.3. The molecule has 0 atom stereocenters. The van der Waals surface area contributed by atoms with E-state index in [0.717, 1.165) is 18.5 Å². The van der Waals surface area contributed by atoms with E-state index >= 15 is 0 Å². The number of unbranched alkanes of at least 4 members (excludes halogenated alkanes) is 1. The smallest absolute Gasteiger partial charge is 0.412 e. The second-order valence-corrected chi connectivity index (χ2v) is 6.57. The Morgan fingerprint density at radius 1 is 1.26 bits per heavy atom. The standard InChI is InChI=1S/C19H24N4O2.C2H6/c1-5-6-7-8-16-17(20)23(13-21-16)15-11-9-14(10-12-15)22-18(24)25-19(2,3)4;1-2/h9-13H,5-6,20H2,1-4H3,(H,22,24);1-2H3. The number of nitrogens with two attached hydrogens (primary N) is 1. The Morgan fingerprint density at radius 2 is 1.89 bits per heavy atom. The predicted molar refractivity (Wildman–Crippen MR) is 111 cm³/mol. The number of benzene rings is 1. The molecule has 0 aliphatic heterocycles. The number of aromatic nitrogens is 2. The fourth-order valence-corrected chi connectivity index (χ4v) is 2.06. The molecule has 0 spiro atoms. The zero-order valence-corrected chi connectivity index (χ0v) is 17.1. The number of nitrogen functional groups attached to an aromatic ring is 1. The molecule has 1 aromatic carbocycles. The Bertz CT molecular complexity index is 790. The Hall–Kier alpha value is -2.94. The van der Waals surface area contributed by atoms with Crippen LogP contribution >= 0.6 is 0 Å². The second-order valence-electron chi connectivity index (χ2n) is 6.57. The number of carbonyl (C=O) groups is 1. The van der Waals surface area contributed by atoms with Crippen LogP contribution in [0.4, 0.5) is 16.3 Å². The van der Waals surface area contributed by atoms with Crippen LogP contribution < -0.4 is 11.1 Å². The number of ether oxygens (including phenoxy) is 1. The van der Waals surface area contributed by atoms with Gasteiger partial charge in [-0.3, -0.25) is 9.88 Å². The molecule has 0 fully saturated rings. The van der Waals surface area contributed by atoms with Gasteiger partial charge in [0.2, 0.25) is 0 Å². The summed E-state index contributed by atoms with van der Waals surface area (Å²) in [7, 11) is 0. The van der Waals surface area contributed by atoms with Crippen molar-refractivity contribution in [1.82, 2.24) is 9.55 Å². The SMILES string of the molecule is CC.CCCC#Cc1ncn(-c2ccc(NC(=O)OC(C)(C)C)cc2)c1N. The van der Waals surface area contributed by atoms with Gasteiger partial charge in [-0.2, -0.15) is 0 Å². The average Bonchev–Trinajstić information content (AvgIpc) is 2.97. The normalized spacial score (nSPS) is 10.1. The molecule has 0 unspecified atom stereocenters. The third-order valence-electron chi connectivity index (χ3n) is 3.18. The number of carbonyl (C=O) groups excluding carboxylic acids is 1. The number of nitrogens with one attached hydrogen (secondary N) is 1. The van der Waals surface area contributed by atoms with E-state index in [-0.39, 0.29) is 0 Å². The van der Waals surface area contributed by atoms with Crippen molar-refractivity contribution in [3.8, 4) is 17.5 Å². The fourth-order valence-electron chi connectivity index (χ4n) is 2.06. The molecule has 0 radical (unpaired) electrons. The summed E-state index contributed by atoms with van der Waals surface area (Å²) in [5.41, 5.74) is 7.63. The summed E-state index contributed by atoms with van der Waals surface area (Å²) >= 11 is 0. The first-order valence-electron chi connectivity index (χ1n) is 9.22. The van der Waals surface area contributed by atoms with Crippen molar-refractivity contribution in [3.05, 3.63) is 36.3 Å². The van der Waals surface area contributed by atoms with Crippen molar-refractivity contribution in [2.24, 2.45) is 0 Å². The fraction of sp³-hybridized carbons (Fsp3) is 0.429. The molecule has 6 nitrogen and oxygen atoms in total. The first-order chi connectivity index (χ1) is 12.8. The lowest BCUT2D eigenvalue weighted by Gasteiger charge is -2.19. The van der Waals surface area contributed by atoms with Crippen molar-refractivity contribution in [1.29, 1.82) is 0 Å². The Morgan fingerprint density at radius 3 is 2.44 bits per heavy atom. The molecule has 0 aliphatic carbocycles. The van der Waals surface area contributed by atoms with E-state index in [4.69, 9.17) is 10.5 Å². The Kier molecular flexibility index (Phi) is 8.40. The highest BCUT2D eigenvalue weighted by Crippen LogP contribution is 2.19. The molecule has 3 N–H and O–H groups in total. The lowest BCUT2D eigenvalue weighted by molar-refractivity contribution is 0.0636. The van der Waals surface area contributed by atoms with Crippen LogP contribution in [-0.2, 0) is 4.74 Å². The summed E-state index contributed by atoms with van der Waals surface area (Å²) < 4.78 is 6.98. The van der Waals surface area contributed by atoms with E-state index in [2.05, 4.69) is 29.1 Å². The minimum Gasteiger partial charge on any atom is -0.444 e. The Balaban J connectivity index is 0.00000176. The van der Waals surface area contributed by atoms with Gasteiger partial charge in [-0.05, 0) is 57.4 Å². The lowest BCUT2D eigenvalue weighted by Crippen LogP contribution is -2.27. The van der Waals surface area contributed by atoms with Crippen molar-refractivity contribution >= 4 is 17.6 Å². The first-order valence-corrected chi connectivity index (χ1v) is 9.22. The van der Waals surface area contributed by atoms with Gasteiger partial charge in [0.15, 0.2) is 5.69 Å². The molecular formula is C21H30N4O2. The van der Waals surface area contributed by atoms with Gasteiger partial charge in [-0.25, -0.2) is 9.78 Å². The Labute approximate surface area is 162 Å². The molecule has 1 amide bonds. The molecule has 2 rings (SSSR count). The van der Waals surface area contributed by atoms with Crippen LogP contribution in [0.3, 0.4) is 0 Å². The number of nitrogens with zero attached hydrogens (tertiary/aromatic N) is 2. The van der Waals surface area contributed by atoms with Gasteiger partial charge in [0.25, 0.3) is 0 Å². The van der Waals surface area contributed by atoms with Gasteiger partial charge in [-0.15, -0.1) is 0 Å². The zero-order chi connectivity index (χ0) is 20.4. The molecule has 1 heterocycles. The van der Waals surface area contributed by atoms with Gasteiger partial charge in [0.05, 0.1) is 0 Å². The van der Waals surface area contributed by atoms with Crippen molar-refractivity contribution in [3.63, 3.8) is 0 Å². The molecule has 0 saturated carbocycles. The van der Waals surface area contributed by atoms with E-state index in [1.165, 1.54) is 0 Å². The largest absolute Gasteiger partial charge is 0.444 e. The summed E-state index contributed by atoms with van der Waals surface area (Å²) in [5, 5.41) is 2.69. The van der Waals surface area contributed by atoms with Gasteiger partial charge < -0.3 is 10.5 Å². The van der Waals surface area contributed by atoms with Crippen LogP contribution in [-0.4, -0.2) is 21.2 Å². The number of anilines is 2. The molecule has 2 aromatic rings. The monoisotopic (exact) mass is 370 g/mol. The molecule has 0 aliphatic rings. The van der Waals surface area contributed by atoms with E-state index in [1.54, 1.807) is 23.0 Å². The molecule has 27 heavy (non-hydrogen) atoms. The molecule has 146 valence electrons. The molecule has 0 saturated heterocycles. The van der Waals surface area contributed by atoms with E-state index < -0.39 is 11.7 Å². The van der Waals surface area contributed by atoms with Gasteiger partial charge in [0.1, 0.15) is 17.7 Å². The first kappa shape index (κ1) is 22.1. The number of hydrogen-bond donors (Lipinski definition) is 2. The highest BCUT2D eigenvalue weighted by atomic mass is 16.6. The van der Waals surface area contributed by atoms with Crippen LogP contribution in [0.5, 0.6) is 0 Å². The predicted octanol–water partition coefficient (Wildman–Crippen LogP) is 4.98. The van der Waals surface area contributed by atoms with E-state index in [1.807, 2.05) is 46.8 Å². The summed E-state index contributed by atoms with van der Waals surface area (Å²) in [5.74, 6) is 6.52. The van der Waals surface area contributed by atoms with Crippen LogP contribution in [0, 0.1) is 11.8 Å². The van der Waals surface area contributed by atoms with E-state index in [9.17, 15) is 4.79 Å². The molecule has 6 heteroatoms. The maximum absolute atomic E-state index is 11.8. The van der Waals surface area contributed by atoms with Gasteiger partial charge in [0, 0.05) is 17.8 Å². The third-order valence-corrected chi connectivity index (χ3v) is 3.18. The summed E-state index contributed by atoms with van der Waals surface area (Å²) in [6, 6.07) is 7.24.